The van der Waals surface area contributed by atoms with Gasteiger partial charge in [-0.3, -0.25) is 0 Å². The van der Waals surface area contributed by atoms with Gasteiger partial charge in [0.1, 0.15) is 10.8 Å². The first kappa shape index (κ1) is 13.1. The number of rotatable bonds is 3. The molecule has 0 fully saturated rings. The number of aryl methyl sites for hydroxylation is 2. The first-order chi connectivity index (χ1) is 8.52. The molecular weight excluding hydrogens is 244 g/mol. The van der Waals surface area contributed by atoms with Crippen molar-refractivity contribution in [3.05, 3.63) is 33.6 Å². The van der Waals surface area contributed by atoms with Crippen LogP contribution in [0.5, 0.6) is 5.75 Å². The van der Waals surface area contributed by atoms with E-state index in [1.54, 1.807) is 18.4 Å². The Hall–Kier alpha value is -1.39. The minimum atomic E-state index is -0.0266. The second-order valence-corrected chi connectivity index (χ2v) is 5.39. The Morgan fingerprint density at radius 3 is 2.50 bits per heavy atom. The Labute approximate surface area is 112 Å². The van der Waals surface area contributed by atoms with E-state index in [0.717, 1.165) is 22.0 Å². The maximum atomic E-state index is 5.85. The molecule has 0 saturated carbocycles. The van der Waals surface area contributed by atoms with Crippen LogP contribution in [0.3, 0.4) is 0 Å². The van der Waals surface area contributed by atoms with E-state index in [-0.39, 0.29) is 6.04 Å². The van der Waals surface area contributed by atoms with Gasteiger partial charge in [0.05, 0.1) is 18.8 Å². The predicted molar refractivity (Wildman–Crippen MR) is 76.2 cm³/mol. The first-order valence-electron chi connectivity index (χ1n) is 5.89. The monoisotopic (exact) mass is 262 g/mol. The van der Waals surface area contributed by atoms with Gasteiger partial charge in [0.25, 0.3) is 0 Å². The van der Waals surface area contributed by atoms with Gasteiger partial charge in [-0.05, 0) is 44.0 Å². The summed E-state index contributed by atoms with van der Waals surface area (Å²) in [5, 5.41) is 2.98. The molecule has 0 aliphatic heterocycles. The summed E-state index contributed by atoms with van der Waals surface area (Å²) in [4.78, 5) is 4.57. The van der Waals surface area contributed by atoms with Gasteiger partial charge in [0.15, 0.2) is 0 Å². The fraction of sp³-hybridized carbons (Fsp3) is 0.357. The van der Waals surface area contributed by atoms with Gasteiger partial charge in [-0.2, -0.15) is 0 Å². The molecule has 18 heavy (non-hydrogen) atoms. The highest BCUT2D eigenvalue weighted by atomic mass is 32.1. The van der Waals surface area contributed by atoms with Crippen LogP contribution < -0.4 is 10.5 Å². The SMILES string of the molecule is COc1cc(C)c(C)cc1-c1csc(C(C)N)n1. The summed E-state index contributed by atoms with van der Waals surface area (Å²) in [5.74, 6) is 0.861. The van der Waals surface area contributed by atoms with E-state index in [0.29, 0.717) is 0 Å². The number of benzene rings is 1. The smallest absolute Gasteiger partial charge is 0.128 e. The molecule has 0 saturated heterocycles. The third-order valence-corrected chi connectivity index (χ3v) is 4.05. The zero-order chi connectivity index (χ0) is 13.3. The number of hydrogen-bond donors (Lipinski definition) is 1. The second-order valence-electron chi connectivity index (χ2n) is 4.50. The van der Waals surface area contributed by atoms with Crippen LogP contribution in [-0.2, 0) is 0 Å². The standard InChI is InChI=1S/C14H18N2OS/c1-8-5-11(13(17-4)6-9(8)2)12-7-18-14(16-12)10(3)15/h5-7,10H,15H2,1-4H3. The zero-order valence-electron chi connectivity index (χ0n) is 11.2. The number of thiazole rings is 1. The van der Waals surface area contributed by atoms with Crippen molar-refractivity contribution < 1.29 is 4.74 Å². The van der Waals surface area contributed by atoms with E-state index < -0.39 is 0 Å². The van der Waals surface area contributed by atoms with Gasteiger partial charge >= 0.3 is 0 Å². The Bertz CT molecular complexity index is 561. The highest BCUT2D eigenvalue weighted by molar-refractivity contribution is 7.10. The Morgan fingerprint density at radius 1 is 1.28 bits per heavy atom. The van der Waals surface area contributed by atoms with Crippen molar-refractivity contribution >= 4 is 11.3 Å². The third kappa shape index (κ3) is 2.40. The van der Waals surface area contributed by atoms with Crippen molar-refractivity contribution in [2.75, 3.05) is 7.11 Å². The van der Waals surface area contributed by atoms with Crippen molar-refractivity contribution in [3.8, 4) is 17.0 Å². The minimum absolute atomic E-state index is 0.0266. The van der Waals surface area contributed by atoms with Gasteiger partial charge in [-0.1, -0.05) is 0 Å². The van der Waals surface area contributed by atoms with E-state index >= 15 is 0 Å². The topological polar surface area (TPSA) is 48.1 Å². The average molecular weight is 262 g/mol. The molecule has 1 aromatic heterocycles. The van der Waals surface area contributed by atoms with Crippen LogP contribution in [0.4, 0.5) is 0 Å². The molecule has 0 spiro atoms. The van der Waals surface area contributed by atoms with Gasteiger partial charge in [-0.15, -0.1) is 11.3 Å². The number of nitrogens with zero attached hydrogens (tertiary/aromatic N) is 1. The molecule has 1 aromatic carbocycles. The van der Waals surface area contributed by atoms with Gasteiger partial charge < -0.3 is 10.5 Å². The molecule has 96 valence electrons. The summed E-state index contributed by atoms with van der Waals surface area (Å²) in [7, 11) is 1.69. The molecule has 0 amide bonds. The van der Waals surface area contributed by atoms with Crippen molar-refractivity contribution in [2.45, 2.75) is 26.8 Å². The average Bonchev–Trinajstić information content (AvgIpc) is 2.81. The molecular formula is C14H18N2OS. The summed E-state index contributed by atoms with van der Waals surface area (Å²) in [6.07, 6.45) is 0. The first-order valence-corrected chi connectivity index (χ1v) is 6.77. The van der Waals surface area contributed by atoms with Gasteiger partial charge in [-0.25, -0.2) is 4.98 Å². The third-order valence-electron chi connectivity index (χ3n) is 3.00. The lowest BCUT2D eigenvalue weighted by atomic mass is 10.0. The molecule has 1 atom stereocenters. The minimum Gasteiger partial charge on any atom is -0.496 e. The second kappa shape index (κ2) is 5.08. The Balaban J connectivity index is 2.51. The zero-order valence-corrected chi connectivity index (χ0v) is 12.0. The van der Waals surface area contributed by atoms with E-state index in [9.17, 15) is 0 Å². The fourth-order valence-electron chi connectivity index (χ4n) is 1.78. The lowest BCUT2D eigenvalue weighted by Gasteiger charge is -2.10. The number of nitrogens with two attached hydrogens (primary N) is 1. The molecule has 2 rings (SSSR count). The van der Waals surface area contributed by atoms with E-state index in [4.69, 9.17) is 10.5 Å². The van der Waals surface area contributed by atoms with Crippen LogP contribution >= 0.6 is 11.3 Å². The molecule has 4 heteroatoms. The molecule has 3 nitrogen and oxygen atoms in total. The van der Waals surface area contributed by atoms with Crippen molar-refractivity contribution in [2.24, 2.45) is 5.73 Å². The van der Waals surface area contributed by atoms with E-state index in [1.165, 1.54) is 11.1 Å². The number of methoxy groups -OCH3 is 1. The molecule has 2 N–H and O–H groups in total. The maximum Gasteiger partial charge on any atom is 0.128 e. The van der Waals surface area contributed by atoms with E-state index in [2.05, 4.69) is 31.0 Å². The number of ether oxygens (including phenoxy) is 1. The summed E-state index contributed by atoms with van der Waals surface area (Å²) >= 11 is 1.59. The van der Waals surface area contributed by atoms with Crippen LogP contribution in [0.25, 0.3) is 11.3 Å². The number of aromatic nitrogens is 1. The summed E-state index contributed by atoms with van der Waals surface area (Å²) in [6.45, 7) is 6.12. The van der Waals surface area contributed by atoms with Crippen LogP contribution in [0.2, 0.25) is 0 Å². The molecule has 0 bridgehead atoms. The van der Waals surface area contributed by atoms with Crippen LogP contribution in [-0.4, -0.2) is 12.1 Å². The van der Waals surface area contributed by atoms with E-state index in [1.807, 2.05) is 12.3 Å². The molecule has 0 aliphatic carbocycles. The molecule has 1 heterocycles. The quantitative estimate of drug-likeness (QED) is 0.921. The summed E-state index contributed by atoms with van der Waals surface area (Å²) in [6, 6.07) is 4.14. The molecule has 0 aliphatic rings. The summed E-state index contributed by atoms with van der Waals surface area (Å²) < 4.78 is 5.44. The fourth-order valence-corrected chi connectivity index (χ4v) is 2.56. The van der Waals surface area contributed by atoms with Crippen LogP contribution in [0, 0.1) is 13.8 Å². The highest BCUT2D eigenvalue weighted by Crippen LogP contribution is 2.33. The molecule has 0 radical (unpaired) electrons. The lowest BCUT2D eigenvalue weighted by Crippen LogP contribution is -2.04. The van der Waals surface area contributed by atoms with Crippen LogP contribution in [0.1, 0.15) is 29.1 Å². The maximum absolute atomic E-state index is 5.85. The normalized spacial score (nSPS) is 12.5. The summed E-state index contributed by atoms with van der Waals surface area (Å²) in [5.41, 5.74) is 10.3. The Kier molecular flexibility index (Phi) is 3.68. The molecule has 2 aromatic rings. The largest absolute Gasteiger partial charge is 0.496 e. The van der Waals surface area contributed by atoms with Crippen LogP contribution in [0.15, 0.2) is 17.5 Å². The predicted octanol–water partition coefficient (Wildman–Crippen LogP) is 3.46. The Morgan fingerprint density at radius 2 is 1.94 bits per heavy atom. The van der Waals surface area contributed by atoms with Crippen molar-refractivity contribution in [1.29, 1.82) is 0 Å². The number of hydrogen-bond acceptors (Lipinski definition) is 4. The van der Waals surface area contributed by atoms with Gasteiger partial charge in [0.2, 0.25) is 0 Å². The molecule has 1 unspecified atom stereocenters. The lowest BCUT2D eigenvalue weighted by molar-refractivity contribution is 0.416. The highest BCUT2D eigenvalue weighted by Gasteiger charge is 2.13. The van der Waals surface area contributed by atoms with Crippen molar-refractivity contribution in [3.63, 3.8) is 0 Å². The van der Waals surface area contributed by atoms with Gasteiger partial charge in [0, 0.05) is 10.9 Å². The van der Waals surface area contributed by atoms with Crippen molar-refractivity contribution in [1.82, 2.24) is 4.98 Å².